The lowest BCUT2D eigenvalue weighted by atomic mass is 9.64. The molecule has 0 saturated carbocycles. The largest absolute Gasteiger partial charge is 0.497 e. The number of rotatable bonds is 6. The van der Waals surface area contributed by atoms with Crippen molar-refractivity contribution in [3.05, 3.63) is 125 Å². The number of anilines is 1. The van der Waals surface area contributed by atoms with E-state index in [4.69, 9.17) is 14.2 Å². The van der Waals surface area contributed by atoms with E-state index >= 15 is 0 Å². The van der Waals surface area contributed by atoms with Crippen molar-refractivity contribution in [2.75, 3.05) is 26.2 Å². The number of ketones is 3. The Labute approximate surface area is 253 Å². The van der Waals surface area contributed by atoms with E-state index in [0.717, 1.165) is 0 Å². The van der Waals surface area contributed by atoms with Crippen LogP contribution >= 0.6 is 0 Å². The molecular weight excluding hydrogens is 561 g/mol. The molecule has 0 bridgehead atoms. The van der Waals surface area contributed by atoms with Gasteiger partial charge in [0.1, 0.15) is 34.5 Å². The molecule has 1 aliphatic carbocycles. The van der Waals surface area contributed by atoms with Gasteiger partial charge in [0.2, 0.25) is 0 Å². The number of ether oxygens (including phenoxy) is 3. The van der Waals surface area contributed by atoms with Gasteiger partial charge in [-0.3, -0.25) is 14.4 Å². The highest BCUT2D eigenvalue weighted by Crippen LogP contribution is 2.62. The smallest absolute Gasteiger partial charge is 0.186 e. The highest BCUT2D eigenvalue weighted by molar-refractivity contribution is 6.32. The molecule has 7 nitrogen and oxygen atoms in total. The molecule has 3 atom stereocenters. The maximum absolute atomic E-state index is 14.9. The number of Topliss-reactive ketones (excluding diaryl/α,β-unsaturated/α-hetero) is 3. The molecule has 44 heavy (non-hydrogen) atoms. The Balaban J connectivity index is 1.58. The third-order valence-corrected chi connectivity index (χ3v) is 9.16. The molecule has 4 aromatic carbocycles. The molecule has 220 valence electrons. The van der Waals surface area contributed by atoms with E-state index < -0.39 is 29.2 Å². The molecule has 7 rings (SSSR count). The van der Waals surface area contributed by atoms with Crippen LogP contribution in [-0.2, 0) is 0 Å². The van der Waals surface area contributed by atoms with Crippen molar-refractivity contribution >= 4 is 29.1 Å². The molecule has 2 aliphatic heterocycles. The van der Waals surface area contributed by atoms with Crippen LogP contribution < -0.4 is 19.1 Å². The fourth-order valence-electron chi connectivity index (χ4n) is 7.32. The number of fused-ring (bicyclic) bond motifs is 5. The molecule has 4 aromatic rings. The summed E-state index contributed by atoms with van der Waals surface area (Å²) in [6.45, 7) is 0. The van der Waals surface area contributed by atoms with Crippen molar-refractivity contribution in [2.45, 2.75) is 18.0 Å². The highest BCUT2D eigenvalue weighted by Gasteiger charge is 2.72. The van der Waals surface area contributed by atoms with Crippen molar-refractivity contribution in [3.63, 3.8) is 0 Å². The topological polar surface area (TPSA) is 82.1 Å². The minimum Gasteiger partial charge on any atom is -0.497 e. The van der Waals surface area contributed by atoms with Gasteiger partial charge in [-0.15, -0.1) is 0 Å². The second kappa shape index (κ2) is 10.2. The third kappa shape index (κ3) is 3.70. The lowest BCUT2D eigenvalue weighted by Crippen LogP contribution is -2.48. The monoisotopic (exact) mass is 589 g/mol. The number of halogens is 1. The Kier molecular flexibility index (Phi) is 6.39. The molecule has 1 spiro atoms. The van der Waals surface area contributed by atoms with Crippen LogP contribution in [-0.4, -0.2) is 50.8 Å². The minimum absolute atomic E-state index is 0.303. The zero-order chi connectivity index (χ0) is 30.7. The van der Waals surface area contributed by atoms with Gasteiger partial charge in [0.25, 0.3) is 0 Å². The summed E-state index contributed by atoms with van der Waals surface area (Å²) in [5, 5.41) is 0. The molecule has 3 aliphatic rings. The molecule has 0 aromatic heterocycles. The maximum atomic E-state index is 14.9. The first kappa shape index (κ1) is 27.6. The summed E-state index contributed by atoms with van der Waals surface area (Å²) >= 11 is 0. The average molecular weight is 590 g/mol. The van der Waals surface area contributed by atoms with Crippen LogP contribution in [0.2, 0.25) is 0 Å². The van der Waals surface area contributed by atoms with E-state index in [1.54, 1.807) is 84.9 Å². The summed E-state index contributed by atoms with van der Waals surface area (Å²) in [6.07, 6.45) is 3.48. The number of carbonyl (C=O) groups excluding carboxylic acids is 3. The standard InChI is InChI=1S/C36H28FNO6/c1-42-23-8-6-7-21(18-23)33(39)32-31(27-19-24(43-2)13-15-29(27)44-3)36(34(40)25-9-4-5-10-26(25)35(36)41)30-16-11-20-17-22(37)12-14-28(20)38(30)32/h4-19,30-32H,1-3H3/t30-,31-,32+/m1/s1. The van der Waals surface area contributed by atoms with Crippen molar-refractivity contribution in [2.24, 2.45) is 5.41 Å². The number of benzene rings is 4. The normalized spacial score (nSPS) is 20.7. The SMILES string of the molecule is COc1cccc(C(=O)[C@@H]2[C@@H](c3cc(OC)ccc3OC)C3(C(=O)c4ccccc4C3=O)[C@H]3C=Cc4cc(F)ccc4N23)c1. The highest BCUT2D eigenvalue weighted by atomic mass is 19.1. The third-order valence-electron chi connectivity index (χ3n) is 9.16. The summed E-state index contributed by atoms with van der Waals surface area (Å²) in [6, 6.07) is 21.1. The molecule has 0 unspecified atom stereocenters. The van der Waals surface area contributed by atoms with Gasteiger partial charge in [-0.1, -0.05) is 48.6 Å². The summed E-state index contributed by atoms with van der Waals surface area (Å²) in [7, 11) is 4.54. The molecule has 2 heterocycles. The quantitative estimate of drug-likeness (QED) is 0.197. The van der Waals surface area contributed by atoms with E-state index in [9.17, 15) is 18.8 Å². The first-order valence-corrected chi connectivity index (χ1v) is 14.2. The lowest BCUT2D eigenvalue weighted by Gasteiger charge is -2.37. The van der Waals surface area contributed by atoms with Crippen LogP contribution in [0.1, 0.15) is 48.1 Å². The van der Waals surface area contributed by atoms with E-state index in [-0.39, 0.29) is 17.3 Å². The molecular formula is C36H28FNO6. The van der Waals surface area contributed by atoms with Gasteiger partial charge in [-0.05, 0) is 48.5 Å². The molecule has 0 N–H and O–H groups in total. The van der Waals surface area contributed by atoms with Crippen LogP contribution in [0.4, 0.5) is 10.1 Å². The number of hydrogen-bond donors (Lipinski definition) is 0. The van der Waals surface area contributed by atoms with Gasteiger partial charge >= 0.3 is 0 Å². The molecule has 0 amide bonds. The zero-order valence-electron chi connectivity index (χ0n) is 24.2. The Morgan fingerprint density at radius 1 is 0.795 bits per heavy atom. The lowest BCUT2D eigenvalue weighted by molar-refractivity contribution is 0.0664. The minimum atomic E-state index is -1.74. The van der Waals surface area contributed by atoms with Crippen LogP contribution in [0.25, 0.3) is 6.08 Å². The predicted octanol–water partition coefficient (Wildman–Crippen LogP) is 6.17. The van der Waals surface area contributed by atoms with E-state index in [2.05, 4.69) is 0 Å². The van der Waals surface area contributed by atoms with Gasteiger partial charge in [0.15, 0.2) is 17.3 Å². The second-order valence-corrected chi connectivity index (χ2v) is 11.1. The van der Waals surface area contributed by atoms with Gasteiger partial charge in [-0.2, -0.15) is 0 Å². The van der Waals surface area contributed by atoms with Gasteiger partial charge in [0, 0.05) is 39.4 Å². The van der Waals surface area contributed by atoms with Crippen molar-refractivity contribution < 1.29 is 33.0 Å². The van der Waals surface area contributed by atoms with Crippen molar-refractivity contribution in [1.29, 1.82) is 0 Å². The van der Waals surface area contributed by atoms with Crippen LogP contribution in [0.5, 0.6) is 17.2 Å². The Bertz CT molecular complexity index is 1860. The zero-order valence-corrected chi connectivity index (χ0v) is 24.2. The molecule has 1 fully saturated rings. The van der Waals surface area contributed by atoms with Crippen LogP contribution in [0.15, 0.2) is 91.0 Å². The van der Waals surface area contributed by atoms with E-state index in [0.29, 0.717) is 50.8 Å². The fourth-order valence-corrected chi connectivity index (χ4v) is 7.32. The first-order valence-electron chi connectivity index (χ1n) is 14.2. The fraction of sp³-hybridized carbons (Fsp3) is 0.194. The second-order valence-electron chi connectivity index (χ2n) is 11.1. The number of methoxy groups -OCH3 is 3. The summed E-state index contributed by atoms with van der Waals surface area (Å²) in [5.74, 6) is -1.19. The first-order chi connectivity index (χ1) is 21.3. The summed E-state index contributed by atoms with van der Waals surface area (Å²) in [4.78, 5) is 46.4. The molecule has 1 saturated heterocycles. The number of nitrogens with zero attached hydrogens (tertiary/aromatic N) is 1. The molecule has 0 radical (unpaired) electrons. The van der Waals surface area contributed by atoms with E-state index in [1.807, 2.05) is 4.90 Å². The van der Waals surface area contributed by atoms with Gasteiger partial charge < -0.3 is 19.1 Å². The average Bonchev–Trinajstić information content (AvgIpc) is 3.49. The number of hydrogen-bond acceptors (Lipinski definition) is 7. The van der Waals surface area contributed by atoms with Gasteiger partial charge in [0.05, 0.1) is 27.4 Å². The molecule has 8 heteroatoms. The predicted molar refractivity (Wildman–Crippen MR) is 163 cm³/mol. The Hall–Kier alpha value is -5.24. The maximum Gasteiger partial charge on any atom is 0.186 e. The Morgan fingerprint density at radius 2 is 1.50 bits per heavy atom. The van der Waals surface area contributed by atoms with Crippen molar-refractivity contribution in [1.82, 2.24) is 0 Å². The van der Waals surface area contributed by atoms with Gasteiger partial charge in [-0.25, -0.2) is 4.39 Å². The van der Waals surface area contributed by atoms with Crippen molar-refractivity contribution in [3.8, 4) is 17.2 Å². The van der Waals surface area contributed by atoms with E-state index in [1.165, 1.54) is 33.5 Å². The summed E-state index contributed by atoms with van der Waals surface area (Å²) < 4.78 is 31.3. The van der Waals surface area contributed by atoms with Crippen LogP contribution in [0.3, 0.4) is 0 Å². The Morgan fingerprint density at radius 3 is 2.18 bits per heavy atom. The van der Waals surface area contributed by atoms with Crippen LogP contribution in [0, 0.1) is 11.2 Å². The number of carbonyl (C=O) groups is 3. The summed E-state index contributed by atoms with van der Waals surface area (Å²) in [5.41, 5.74) is 0.758.